The van der Waals surface area contributed by atoms with Crippen LogP contribution in [-0.2, 0) is 6.42 Å². The summed E-state index contributed by atoms with van der Waals surface area (Å²) in [6.07, 6.45) is 2.24. The maximum Gasteiger partial charge on any atom is 0.191 e. The summed E-state index contributed by atoms with van der Waals surface area (Å²) in [5.41, 5.74) is 1.16. The number of guanidine groups is 1. The lowest BCUT2D eigenvalue weighted by atomic mass is 10.3. The lowest BCUT2D eigenvalue weighted by Gasteiger charge is -2.10. The molecule has 4 nitrogen and oxygen atoms in total. The highest BCUT2D eigenvalue weighted by Crippen LogP contribution is 2.28. The van der Waals surface area contributed by atoms with E-state index in [2.05, 4.69) is 48.3 Å². The van der Waals surface area contributed by atoms with Gasteiger partial charge in [0, 0.05) is 30.4 Å². The maximum absolute atomic E-state index is 4.65. The Kier molecular flexibility index (Phi) is 7.22. The maximum atomic E-state index is 4.65. The molecule has 1 aromatic heterocycles. The van der Waals surface area contributed by atoms with E-state index in [1.54, 1.807) is 11.3 Å². The van der Waals surface area contributed by atoms with Crippen LogP contribution in [0.3, 0.4) is 0 Å². The summed E-state index contributed by atoms with van der Waals surface area (Å²) < 4.78 is 0. The Hall–Kier alpha value is -0.370. The Morgan fingerprint density at radius 2 is 2.15 bits per heavy atom. The fourth-order valence-corrected chi connectivity index (χ4v) is 3.02. The summed E-state index contributed by atoms with van der Waals surface area (Å²) in [7, 11) is 0. The van der Waals surface area contributed by atoms with E-state index in [4.69, 9.17) is 0 Å². The molecule has 1 heterocycles. The van der Waals surface area contributed by atoms with Gasteiger partial charge in [0.15, 0.2) is 5.96 Å². The molecule has 0 saturated heterocycles. The monoisotopic (exact) mass is 408 g/mol. The minimum Gasteiger partial charge on any atom is -0.357 e. The van der Waals surface area contributed by atoms with Crippen molar-refractivity contribution in [2.45, 2.75) is 46.6 Å². The molecule has 2 unspecified atom stereocenters. The first-order chi connectivity index (χ1) is 9.10. The zero-order chi connectivity index (χ0) is 13.8. The minimum absolute atomic E-state index is 0. The second-order valence-electron chi connectivity index (χ2n) is 5.22. The molecule has 0 aliphatic heterocycles. The van der Waals surface area contributed by atoms with Gasteiger partial charge in [0.05, 0.1) is 10.7 Å². The fraction of sp³-hybridized carbons (Fsp3) is 0.714. The number of nitrogens with zero attached hydrogens (tertiary/aromatic N) is 2. The number of thiazole rings is 1. The fourth-order valence-electron chi connectivity index (χ4n) is 2.09. The van der Waals surface area contributed by atoms with Crippen LogP contribution in [0.2, 0.25) is 0 Å². The number of aromatic nitrogens is 1. The average molecular weight is 408 g/mol. The van der Waals surface area contributed by atoms with Crippen molar-refractivity contribution in [3.63, 3.8) is 0 Å². The van der Waals surface area contributed by atoms with Gasteiger partial charge in [-0.25, -0.2) is 4.98 Å². The van der Waals surface area contributed by atoms with Crippen LogP contribution in [0, 0.1) is 19.8 Å². The molecule has 0 bridgehead atoms. The van der Waals surface area contributed by atoms with Gasteiger partial charge in [0.2, 0.25) is 0 Å². The number of rotatable bonds is 5. The first-order valence-electron chi connectivity index (χ1n) is 7.08. The molecule has 114 valence electrons. The molecule has 6 heteroatoms. The quantitative estimate of drug-likeness (QED) is 0.448. The van der Waals surface area contributed by atoms with E-state index in [-0.39, 0.29) is 24.0 Å². The largest absolute Gasteiger partial charge is 0.357 e. The van der Waals surface area contributed by atoms with E-state index in [1.165, 1.54) is 11.3 Å². The van der Waals surface area contributed by atoms with E-state index in [9.17, 15) is 0 Å². The third-order valence-electron chi connectivity index (χ3n) is 3.38. The van der Waals surface area contributed by atoms with Gasteiger partial charge in [-0.05, 0) is 33.1 Å². The Balaban J connectivity index is 0.00000200. The molecule has 0 radical (unpaired) electrons. The van der Waals surface area contributed by atoms with Crippen LogP contribution in [0.15, 0.2) is 4.99 Å². The van der Waals surface area contributed by atoms with Gasteiger partial charge in [-0.3, -0.25) is 4.99 Å². The Labute approximate surface area is 142 Å². The van der Waals surface area contributed by atoms with E-state index >= 15 is 0 Å². The third kappa shape index (κ3) is 5.20. The van der Waals surface area contributed by atoms with Gasteiger partial charge in [0.25, 0.3) is 0 Å². The highest BCUT2D eigenvalue weighted by atomic mass is 127. The van der Waals surface area contributed by atoms with E-state index in [1.807, 2.05) is 0 Å². The summed E-state index contributed by atoms with van der Waals surface area (Å²) >= 11 is 1.78. The van der Waals surface area contributed by atoms with Crippen molar-refractivity contribution in [2.75, 3.05) is 13.1 Å². The smallest absolute Gasteiger partial charge is 0.191 e. The van der Waals surface area contributed by atoms with Gasteiger partial charge in [-0.1, -0.05) is 6.92 Å². The van der Waals surface area contributed by atoms with Crippen molar-refractivity contribution in [2.24, 2.45) is 10.9 Å². The minimum atomic E-state index is 0. The molecule has 1 aliphatic rings. The zero-order valence-corrected chi connectivity index (χ0v) is 15.8. The molecule has 20 heavy (non-hydrogen) atoms. The van der Waals surface area contributed by atoms with Gasteiger partial charge in [-0.2, -0.15) is 0 Å². The predicted octanol–water partition coefficient (Wildman–Crippen LogP) is 2.88. The van der Waals surface area contributed by atoms with Gasteiger partial charge < -0.3 is 10.6 Å². The van der Waals surface area contributed by atoms with E-state index in [0.717, 1.165) is 42.1 Å². The van der Waals surface area contributed by atoms with Gasteiger partial charge in [0.1, 0.15) is 0 Å². The molecule has 1 aromatic rings. The molecule has 1 saturated carbocycles. The number of aryl methyl sites for hydroxylation is 2. The third-order valence-corrected chi connectivity index (χ3v) is 4.52. The summed E-state index contributed by atoms with van der Waals surface area (Å²) in [6, 6.07) is 0.616. The summed E-state index contributed by atoms with van der Waals surface area (Å²) in [5.74, 6) is 1.74. The normalized spacial score (nSPS) is 21.3. The van der Waals surface area contributed by atoms with Crippen LogP contribution in [0.25, 0.3) is 0 Å². The Morgan fingerprint density at radius 3 is 2.65 bits per heavy atom. The van der Waals surface area contributed by atoms with Crippen molar-refractivity contribution >= 4 is 41.3 Å². The van der Waals surface area contributed by atoms with Crippen molar-refractivity contribution in [3.8, 4) is 0 Å². The highest BCUT2D eigenvalue weighted by molar-refractivity contribution is 14.0. The van der Waals surface area contributed by atoms with Crippen LogP contribution >= 0.6 is 35.3 Å². The second-order valence-corrected chi connectivity index (χ2v) is 6.50. The Bertz CT molecular complexity index is 458. The molecule has 1 fully saturated rings. The molecular formula is C14H25IN4S. The van der Waals surface area contributed by atoms with Crippen LogP contribution in [0.5, 0.6) is 0 Å². The van der Waals surface area contributed by atoms with E-state index in [0.29, 0.717) is 6.04 Å². The second kappa shape index (κ2) is 8.17. The van der Waals surface area contributed by atoms with Gasteiger partial charge in [-0.15, -0.1) is 35.3 Å². The number of nitrogens with one attached hydrogen (secondary N) is 2. The number of hydrogen-bond acceptors (Lipinski definition) is 3. The summed E-state index contributed by atoms with van der Waals surface area (Å²) in [5, 5.41) is 7.93. The first kappa shape index (κ1) is 17.7. The van der Waals surface area contributed by atoms with Crippen molar-refractivity contribution in [1.29, 1.82) is 0 Å². The molecule has 0 amide bonds. The molecule has 2 rings (SSSR count). The molecule has 0 spiro atoms. The lowest BCUT2D eigenvalue weighted by molar-refractivity contribution is 0.765. The van der Waals surface area contributed by atoms with Crippen molar-refractivity contribution in [3.05, 3.63) is 15.6 Å². The van der Waals surface area contributed by atoms with Crippen molar-refractivity contribution < 1.29 is 0 Å². The number of hydrogen-bond donors (Lipinski definition) is 2. The number of halogens is 1. The molecule has 0 aromatic carbocycles. The summed E-state index contributed by atoms with van der Waals surface area (Å²) in [6.45, 7) is 10.2. The van der Waals surface area contributed by atoms with Gasteiger partial charge >= 0.3 is 0 Å². The summed E-state index contributed by atoms with van der Waals surface area (Å²) in [4.78, 5) is 10.5. The van der Waals surface area contributed by atoms with Crippen LogP contribution < -0.4 is 10.6 Å². The standard InChI is InChI=1S/C14H24N4S.HI/c1-5-15-14(18-12-8-9(12)2)16-7-6-13-10(3)17-11(4)19-13;/h9,12H,5-8H2,1-4H3,(H2,15,16,18);1H. The predicted molar refractivity (Wildman–Crippen MR) is 97.4 cm³/mol. The molecular weight excluding hydrogens is 383 g/mol. The topological polar surface area (TPSA) is 49.3 Å². The van der Waals surface area contributed by atoms with Crippen LogP contribution in [-0.4, -0.2) is 30.1 Å². The molecule has 2 N–H and O–H groups in total. The zero-order valence-electron chi connectivity index (χ0n) is 12.7. The Morgan fingerprint density at radius 1 is 1.45 bits per heavy atom. The highest BCUT2D eigenvalue weighted by Gasteiger charge is 2.33. The average Bonchev–Trinajstić information content (AvgIpc) is 2.93. The molecule has 2 atom stereocenters. The van der Waals surface area contributed by atoms with E-state index < -0.39 is 0 Å². The first-order valence-corrected chi connectivity index (χ1v) is 7.89. The van der Waals surface area contributed by atoms with Crippen LogP contribution in [0.4, 0.5) is 0 Å². The lowest BCUT2D eigenvalue weighted by Crippen LogP contribution is -2.39. The number of aliphatic imine (C=N–C) groups is 1. The van der Waals surface area contributed by atoms with Crippen molar-refractivity contribution in [1.82, 2.24) is 15.6 Å². The molecule has 1 aliphatic carbocycles. The SMILES string of the molecule is CCNC(=NCCc1sc(C)nc1C)NC1CC1C.I. The van der Waals surface area contributed by atoms with Crippen LogP contribution in [0.1, 0.15) is 35.8 Å².